The molecule has 1 atom stereocenters. The Morgan fingerprint density at radius 1 is 1.42 bits per heavy atom. The summed E-state index contributed by atoms with van der Waals surface area (Å²) >= 11 is 1.19. The van der Waals surface area contributed by atoms with Crippen LogP contribution in [0.4, 0.5) is 14.5 Å². The topological polar surface area (TPSA) is 70.6 Å². The van der Waals surface area contributed by atoms with Crippen LogP contribution in [-0.2, 0) is 9.59 Å². The number of thioether (sulfide) groups is 1. The second-order valence-electron chi connectivity index (χ2n) is 5.84. The molecule has 130 valence electrons. The van der Waals surface area contributed by atoms with E-state index in [0.717, 1.165) is 18.6 Å². The molecule has 0 saturated carbocycles. The van der Waals surface area contributed by atoms with Gasteiger partial charge in [0.05, 0.1) is 5.69 Å². The van der Waals surface area contributed by atoms with Gasteiger partial charge in [0, 0.05) is 19.0 Å². The molecule has 0 aliphatic carbocycles. The summed E-state index contributed by atoms with van der Waals surface area (Å²) in [4.78, 5) is 28.1. The smallest absolute Gasteiger partial charge is 0.240 e. The summed E-state index contributed by atoms with van der Waals surface area (Å²) in [5.41, 5.74) is -0.115. The summed E-state index contributed by atoms with van der Waals surface area (Å²) in [5.74, 6) is -1.88. The first-order chi connectivity index (χ1) is 11.3. The number of amidine groups is 1. The van der Waals surface area contributed by atoms with E-state index in [0.29, 0.717) is 23.7 Å². The lowest BCUT2D eigenvalue weighted by Gasteiger charge is -2.08. The van der Waals surface area contributed by atoms with Crippen molar-refractivity contribution in [3.8, 4) is 0 Å². The molecule has 8 heteroatoms. The third-order valence-electron chi connectivity index (χ3n) is 3.31. The van der Waals surface area contributed by atoms with Crippen LogP contribution in [0.15, 0.2) is 23.2 Å². The number of carbonyl (C=O) groups is 2. The summed E-state index contributed by atoms with van der Waals surface area (Å²) in [6, 6.07) is 2.88. The highest BCUT2D eigenvalue weighted by atomic mass is 32.2. The number of benzene rings is 1. The van der Waals surface area contributed by atoms with Crippen molar-refractivity contribution >= 4 is 34.4 Å². The molecule has 5 nitrogen and oxygen atoms in total. The molecular weight excluding hydrogens is 336 g/mol. The first-order valence-corrected chi connectivity index (χ1v) is 8.50. The minimum absolute atomic E-state index is 0.115. The third kappa shape index (κ3) is 5.30. The number of rotatable bonds is 6. The molecule has 24 heavy (non-hydrogen) atoms. The van der Waals surface area contributed by atoms with Gasteiger partial charge in [-0.05, 0) is 24.5 Å². The Labute approximate surface area is 143 Å². The first kappa shape index (κ1) is 18.4. The molecule has 0 unspecified atom stereocenters. The van der Waals surface area contributed by atoms with Gasteiger partial charge < -0.3 is 10.6 Å². The molecule has 1 aromatic rings. The highest BCUT2D eigenvalue weighted by Gasteiger charge is 2.32. The Hall–Kier alpha value is -1.96. The summed E-state index contributed by atoms with van der Waals surface area (Å²) in [7, 11) is 0. The molecule has 1 aromatic carbocycles. The standard InChI is InChI=1S/C16H19F2N3O2S/c1-9(2)5-6-19-16-21-15(23)13(24-16)8-14(22)20-12-4-3-10(17)7-11(12)18/h3-4,7,9,13H,5-6,8H2,1-2H3,(H,20,22)(H,19,21,23)/t13-/m0/s1. The summed E-state index contributed by atoms with van der Waals surface area (Å²) in [6.45, 7) is 4.78. The predicted molar refractivity (Wildman–Crippen MR) is 90.9 cm³/mol. The normalized spacial score (nSPS) is 19.0. The van der Waals surface area contributed by atoms with Gasteiger partial charge in [-0.3, -0.25) is 14.6 Å². The average Bonchev–Trinajstić information content (AvgIpc) is 2.81. The van der Waals surface area contributed by atoms with E-state index in [9.17, 15) is 18.4 Å². The van der Waals surface area contributed by atoms with Gasteiger partial charge in [-0.15, -0.1) is 0 Å². The van der Waals surface area contributed by atoms with Crippen molar-refractivity contribution in [1.82, 2.24) is 5.32 Å². The second kappa shape index (κ2) is 8.23. The van der Waals surface area contributed by atoms with Gasteiger partial charge in [0.15, 0.2) is 5.17 Å². The van der Waals surface area contributed by atoms with Crippen LogP contribution in [-0.4, -0.2) is 28.8 Å². The van der Waals surface area contributed by atoms with Gasteiger partial charge in [0.2, 0.25) is 11.8 Å². The zero-order valence-electron chi connectivity index (χ0n) is 13.4. The Balaban J connectivity index is 1.88. The molecule has 2 rings (SSSR count). The average molecular weight is 355 g/mol. The molecule has 1 aliphatic rings. The lowest BCUT2D eigenvalue weighted by atomic mass is 10.1. The maximum absolute atomic E-state index is 13.5. The van der Waals surface area contributed by atoms with Crippen LogP contribution in [0.2, 0.25) is 0 Å². The van der Waals surface area contributed by atoms with Crippen molar-refractivity contribution in [2.45, 2.75) is 31.9 Å². The van der Waals surface area contributed by atoms with E-state index in [-0.39, 0.29) is 18.0 Å². The third-order valence-corrected chi connectivity index (χ3v) is 4.43. The second-order valence-corrected chi connectivity index (χ2v) is 7.03. The van der Waals surface area contributed by atoms with E-state index in [1.807, 2.05) is 0 Å². The number of anilines is 1. The highest BCUT2D eigenvalue weighted by Crippen LogP contribution is 2.23. The van der Waals surface area contributed by atoms with Crippen LogP contribution >= 0.6 is 11.8 Å². The number of nitrogens with zero attached hydrogens (tertiary/aromatic N) is 1. The van der Waals surface area contributed by atoms with Gasteiger partial charge in [0.25, 0.3) is 0 Å². The minimum Gasteiger partial charge on any atom is -0.324 e. The van der Waals surface area contributed by atoms with Gasteiger partial charge >= 0.3 is 0 Å². The lowest BCUT2D eigenvalue weighted by Crippen LogP contribution is -2.28. The zero-order chi connectivity index (χ0) is 17.7. The van der Waals surface area contributed by atoms with Crippen molar-refractivity contribution in [3.63, 3.8) is 0 Å². The van der Waals surface area contributed by atoms with Crippen molar-refractivity contribution in [1.29, 1.82) is 0 Å². The maximum atomic E-state index is 13.5. The SMILES string of the molecule is CC(C)CCN=C1NC(=O)[C@H](CC(=O)Nc2ccc(F)cc2F)S1. The molecular formula is C16H19F2N3O2S. The monoisotopic (exact) mass is 355 g/mol. The van der Waals surface area contributed by atoms with Crippen LogP contribution in [0.3, 0.4) is 0 Å². The van der Waals surface area contributed by atoms with Crippen molar-refractivity contribution in [2.24, 2.45) is 10.9 Å². The van der Waals surface area contributed by atoms with Crippen molar-refractivity contribution in [3.05, 3.63) is 29.8 Å². The molecule has 1 fully saturated rings. The van der Waals surface area contributed by atoms with E-state index in [1.54, 1.807) is 0 Å². The van der Waals surface area contributed by atoms with Crippen molar-refractivity contribution in [2.75, 3.05) is 11.9 Å². The molecule has 1 heterocycles. The van der Waals surface area contributed by atoms with Gasteiger partial charge in [-0.25, -0.2) is 8.78 Å². The summed E-state index contributed by atoms with van der Waals surface area (Å²) < 4.78 is 26.3. The van der Waals surface area contributed by atoms with Gasteiger partial charge in [-0.2, -0.15) is 0 Å². The number of hydrogen-bond donors (Lipinski definition) is 2. The Morgan fingerprint density at radius 2 is 2.17 bits per heavy atom. The molecule has 0 radical (unpaired) electrons. The van der Waals surface area contributed by atoms with Crippen LogP contribution in [0, 0.1) is 17.6 Å². The molecule has 0 aromatic heterocycles. The van der Waals surface area contributed by atoms with E-state index >= 15 is 0 Å². The first-order valence-electron chi connectivity index (χ1n) is 7.62. The summed E-state index contributed by atoms with van der Waals surface area (Å²) in [5, 5.41) is 4.88. The quantitative estimate of drug-likeness (QED) is 0.824. The number of carbonyl (C=O) groups excluding carboxylic acids is 2. The Bertz CT molecular complexity index is 665. The van der Waals surface area contributed by atoms with E-state index < -0.39 is 22.8 Å². The van der Waals surface area contributed by atoms with Crippen LogP contribution < -0.4 is 10.6 Å². The van der Waals surface area contributed by atoms with E-state index in [1.165, 1.54) is 11.8 Å². The lowest BCUT2D eigenvalue weighted by molar-refractivity contribution is -0.122. The fourth-order valence-electron chi connectivity index (χ4n) is 2.00. The molecule has 0 spiro atoms. The number of halogens is 2. The molecule has 0 bridgehead atoms. The van der Waals surface area contributed by atoms with Gasteiger partial charge in [-0.1, -0.05) is 25.6 Å². The number of aliphatic imine (C=N–C) groups is 1. The predicted octanol–water partition coefficient (Wildman–Crippen LogP) is 2.93. The van der Waals surface area contributed by atoms with E-state index in [2.05, 4.69) is 29.5 Å². The van der Waals surface area contributed by atoms with Crippen LogP contribution in [0.5, 0.6) is 0 Å². The number of hydrogen-bond acceptors (Lipinski definition) is 4. The Kier molecular flexibility index (Phi) is 6.30. The minimum atomic E-state index is -0.859. The fraction of sp³-hybridized carbons (Fsp3) is 0.438. The Morgan fingerprint density at radius 3 is 2.83 bits per heavy atom. The largest absolute Gasteiger partial charge is 0.324 e. The maximum Gasteiger partial charge on any atom is 0.240 e. The zero-order valence-corrected chi connectivity index (χ0v) is 14.3. The molecule has 2 N–H and O–H groups in total. The molecule has 1 aliphatic heterocycles. The molecule has 2 amide bonds. The summed E-state index contributed by atoms with van der Waals surface area (Å²) in [6.07, 6.45) is 0.797. The van der Waals surface area contributed by atoms with Crippen LogP contribution in [0.1, 0.15) is 26.7 Å². The highest BCUT2D eigenvalue weighted by molar-refractivity contribution is 8.15. The number of amides is 2. The molecule has 1 saturated heterocycles. The number of nitrogens with one attached hydrogen (secondary N) is 2. The van der Waals surface area contributed by atoms with E-state index in [4.69, 9.17) is 0 Å². The van der Waals surface area contributed by atoms with Gasteiger partial charge in [0.1, 0.15) is 16.9 Å². The van der Waals surface area contributed by atoms with Crippen LogP contribution in [0.25, 0.3) is 0 Å². The fourth-order valence-corrected chi connectivity index (χ4v) is 3.00. The van der Waals surface area contributed by atoms with Crippen molar-refractivity contribution < 1.29 is 18.4 Å².